The van der Waals surface area contributed by atoms with Crippen LogP contribution in [0.2, 0.25) is 5.15 Å². The summed E-state index contributed by atoms with van der Waals surface area (Å²) in [5, 5.41) is 1.49. The summed E-state index contributed by atoms with van der Waals surface area (Å²) >= 11 is 7.19. The number of amides is 1. The van der Waals surface area contributed by atoms with Gasteiger partial charge in [0.15, 0.2) is 15.1 Å². The number of halogens is 1. The van der Waals surface area contributed by atoms with Crippen molar-refractivity contribution in [1.82, 2.24) is 18.6 Å². The molecule has 0 aliphatic carbocycles. The largest absolute Gasteiger partial charge is 0.348 e. The summed E-state index contributed by atoms with van der Waals surface area (Å²) in [7, 11) is 0.564. The smallest absolute Gasteiger partial charge is 0.262 e. The monoisotopic (exact) mass is 336 g/mol. The Kier molecular flexibility index (Phi) is 4.05. The van der Waals surface area contributed by atoms with Gasteiger partial charge in [-0.05, 0) is 0 Å². The molecule has 0 N–H and O–H groups in total. The van der Waals surface area contributed by atoms with E-state index in [1.807, 2.05) is 0 Å². The molecular formula is C10H13ClN4O3S2. The van der Waals surface area contributed by atoms with Crippen LogP contribution in [0.3, 0.4) is 0 Å². The molecule has 2 rings (SSSR count). The lowest BCUT2D eigenvalue weighted by atomic mass is 10.5. The highest BCUT2D eigenvalue weighted by Gasteiger charge is 2.30. The van der Waals surface area contributed by atoms with Gasteiger partial charge in [0.1, 0.15) is 0 Å². The van der Waals surface area contributed by atoms with E-state index < -0.39 is 10.0 Å². The highest BCUT2D eigenvalue weighted by atomic mass is 35.5. The molecule has 0 aliphatic heterocycles. The van der Waals surface area contributed by atoms with Gasteiger partial charge in [0.05, 0.1) is 6.54 Å². The van der Waals surface area contributed by atoms with E-state index in [0.29, 0.717) is 4.96 Å². The lowest BCUT2D eigenvalue weighted by Gasteiger charge is -2.18. The van der Waals surface area contributed by atoms with Crippen LogP contribution in [0.15, 0.2) is 16.6 Å². The van der Waals surface area contributed by atoms with Crippen LogP contribution in [0, 0.1) is 0 Å². The van der Waals surface area contributed by atoms with E-state index in [9.17, 15) is 13.2 Å². The number of carbonyl (C=O) groups excluding carboxylic acids is 1. The van der Waals surface area contributed by atoms with Crippen LogP contribution in [-0.4, -0.2) is 60.6 Å². The average molecular weight is 337 g/mol. The molecule has 0 saturated heterocycles. The predicted molar refractivity (Wildman–Crippen MR) is 76.6 cm³/mol. The Hall–Kier alpha value is -1.16. The molecule has 0 aliphatic rings. The standard InChI is InChI=1S/C10H13ClN4O3S2/c1-13(2)7(16)6-14(3)20(17,18)9-8(11)12-10-15(9)4-5-19-10/h4-5H,6H2,1-3H3. The summed E-state index contributed by atoms with van der Waals surface area (Å²) in [5.74, 6) is -0.321. The number of rotatable bonds is 4. The molecule has 110 valence electrons. The van der Waals surface area contributed by atoms with Crippen LogP contribution in [0.4, 0.5) is 0 Å². The first kappa shape index (κ1) is 15.2. The van der Waals surface area contributed by atoms with Gasteiger partial charge in [0.25, 0.3) is 10.0 Å². The van der Waals surface area contributed by atoms with Crippen molar-refractivity contribution in [3.05, 3.63) is 16.7 Å². The topological polar surface area (TPSA) is 75.0 Å². The second-order valence-corrected chi connectivity index (χ2v) is 7.50. The van der Waals surface area contributed by atoms with Crippen LogP contribution in [0.1, 0.15) is 0 Å². The quantitative estimate of drug-likeness (QED) is 0.826. The number of sulfonamides is 1. The molecule has 7 nitrogen and oxygen atoms in total. The van der Waals surface area contributed by atoms with E-state index in [4.69, 9.17) is 11.6 Å². The average Bonchev–Trinajstić information content (AvgIpc) is 2.87. The molecule has 0 bridgehead atoms. The van der Waals surface area contributed by atoms with Gasteiger partial charge < -0.3 is 4.90 Å². The number of imidazole rings is 1. The number of fused-ring (bicyclic) bond motifs is 1. The Bertz CT molecular complexity index is 750. The zero-order chi connectivity index (χ0) is 15.1. The molecule has 0 radical (unpaired) electrons. The summed E-state index contributed by atoms with van der Waals surface area (Å²) in [4.78, 5) is 17.4. The van der Waals surface area contributed by atoms with Gasteiger partial charge in [0.2, 0.25) is 5.91 Å². The third-order valence-electron chi connectivity index (χ3n) is 2.69. The third-order valence-corrected chi connectivity index (χ3v) is 5.65. The molecule has 0 spiro atoms. The zero-order valence-electron chi connectivity index (χ0n) is 11.1. The van der Waals surface area contributed by atoms with Gasteiger partial charge in [-0.1, -0.05) is 11.6 Å². The maximum Gasteiger partial charge on any atom is 0.262 e. The second-order valence-electron chi connectivity index (χ2n) is 4.31. The fourth-order valence-electron chi connectivity index (χ4n) is 1.53. The third kappa shape index (κ3) is 2.53. The van der Waals surface area contributed by atoms with Crippen LogP contribution in [0.25, 0.3) is 4.96 Å². The van der Waals surface area contributed by atoms with E-state index in [2.05, 4.69) is 4.98 Å². The first-order valence-electron chi connectivity index (χ1n) is 5.52. The summed E-state index contributed by atoms with van der Waals surface area (Å²) in [6, 6.07) is 0. The van der Waals surface area contributed by atoms with E-state index >= 15 is 0 Å². The van der Waals surface area contributed by atoms with Crippen LogP contribution < -0.4 is 0 Å². The molecule has 0 aromatic carbocycles. The lowest BCUT2D eigenvalue weighted by molar-refractivity contribution is -0.128. The second kappa shape index (κ2) is 5.32. The fraction of sp³-hybridized carbons (Fsp3) is 0.400. The predicted octanol–water partition coefficient (Wildman–Crippen LogP) is 0.758. The molecule has 0 fully saturated rings. The summed E-state index contributed by atoms with van der Waals surface area (Å²) in [6.07, 6.45) is 1.58. The molecule has 2 heterocycles. The van der Waals surface area contributed by atoms with E-state index in [1.165, 1.54) is 27.7 Å². The Balaban J connectivity index is 2.42. The number of thiazole rings is 1. The molecule has 0 atom stereocenters. The van der Waals surface area contributed by atoms with Crippen molar-refractivity contribution in [3.8, 4) is 0 Å². The molecule has 2 aromatic heterocycles. The maximum atomic E-state index is 12.5. The highest BCUT2D eigenvalue weighted by molar-refractivity contribution is 7.89. The van der Waals surface area contributed by atoms with Crippen molar-refractivity contribution in [2.45, 2.75) is 5.03 Å². The zero-order valence-corrected chi connectivity index (χ0v) is 13.5. The molecule has 0 unspecified atom stereocenters. The van der Waals surface area contributed by atoms with E-state index in [-0.39, 0.29) is 22.6 Å². The van der Waals surface area contributed by atoms with E-state index in [0.717, 1.165) is 4.31 Å². The summed E-state index contributed by atoms with van der Waals surface area (Å²) in [5.41, 5.74) is 0. The van der Waals surface area contributed by atoms with Gasteiger partial charge in [-0.2, -0.15) is 4.31 Å². The van der Waals surface area contributed by atoms with Gasteiger partial charge in [-0.15, -0.1) is 11.3 Å². The number of nitrogens with zero attached hydrogens (tertiary/aromatic N) is 4. The van der Waals surface area contributed by atoms with Crippen LogP contribution in [-0.2, 0) is 14.8 Å². The Morgan fingerprint density at radius 3 is 2.70 bits per heavy atom. The first-order valence-corrected chi connectivity index (χ1v) is 8.22. The van der Waals surface area contributed by atoms with E-state index in [1.54, 1.807) is 25.7 Å². The normalized spacial score (nSPS) is 12.2. The molecule has 0 saturated carbocycles. The summed E-state index contributed by atoms with van der Waals surface area (Å²) < 4.78 is 27.4. The maximum absolute atomic E-state index is 12.5. The van der Waals surface area contributed by atoms with Crippen molar-refractivity contribution < 1.29 is 13.2 Å². The SMILES string of the molecule is CN(C)C(=O)CN(C)S(=O)(=O)c1c(Cl)nc2sccn12. The Morgan fingerprint density at radius 2 is 2.10 bits per heavy atom. The summed E-state index contributed by atoms with van der Waals surface area (Å²) in [6.45, 7) is -0.261. The minimum atomic E-state index is -3.89. The Morgan fingerprint density at radius 1 is 1.45 bits per heavy atom. The number of hydrogen-bond acceptors (Lipinski definition) is 5. The lowest BCUT2D eigenvalue weighted by Crippen LogP contribution is -2.38. The van der Waals surface area contributed by atoms with Crippen LogP contribution >= 0.6 is 22.9 Å². The van der Waals surface area contributed by atoms with Crippen molar-refractivity contribution in [2.24, 2.45) is 0 Å². The minimum absolute atomic E-state index is 0.0963. The minimum Gasteiger partial charge on any atom is -0.348 e. The van der Waals surface area contributed by atoms with Crippen molar-refractivity contribution in [1.29, 1.82) is 0 Å². The highest BCUT2D eigenvalue weighted by Crippen LogP contribution is 2.27. The van der Waals surface area contributed by atoms with Crippen molar-refractivity contribution in [2.75, 3.05) is 27.7 Å². The number of aromatic nitrogens is 2. The van der Waals surface area contributed by atoms with Crippen molar-refractivity contribution >= 4 is 43.8 Å². The molecular weight excluding hydrogens is 324 g/mol. The van der Waals surface area contributed by atoms with Gasteiger partial charge in [-0.25, -0.2) is 13.4 Å². The fourth-order valence-corrected chi connectivity index (χ4v) is 4.05. The number of carbonyl (C=O) groups is 1. The van der Waals surface area contributed by atoms with Gasteiger partial charge in [-0.3, -0.25) is 9.20 Å². The van der Waals surface area contributed by atoms with Crippen LogP contribution in [0.5, 0.6) is 0 Å². The van der Waals surface area contributed by atoms with Crippen molar-refractivity contribution in [3.63, 3.8) is 0 Å². The molecule has 10 heteroatoms. The molecule has 1 amide bonds. The molecule has 20 heavy (non-hydrogen) atoms. The number of likely N-dealkylation sites (N-methyl/N-ethyl adjacent to an activating group) is 2. The first-order chi connectivity index (χ1) is 9.25. The number of hydrogen-bond donors (Lipinski definition) is 0. The Labute approximate surface area is 125 Å². The molecule has 2 aromatic rings. The van der Waals surface area contributed by atoms with Gasteiger partial charge in [0, 0.05) is 32.7 Å². The van der Waals surface area contributed by atoms with Gasteiger partial charge >= 0.3 is 0 Å².